The van der Waals surface area contributed by atoms with E-state index in [1.54, 1.807) is 0 Å². The van der Waals surface area contributed by atoms with Crippen LogP contribution < -0.4 is 9.80 Å². The van der Waals surface area contributed by atoms with Crippen molar-refractivity contribution in [3.63, 3.8) is 0 Å². The van der Waals surface area contributed by atoms with Gasteiger partial charge in [-0.1, -0.05) is 32.5 Å². The van der Waals surface area contributed by atoms with Crippen LogP contribution in [0.4, 0.5) is 11.4 Å². The molecule has 1 aromatic carbocycles. The van der Waals surface area contributed by atoms with Gasteiger partial charge in [0.05, 0.1) is 17.5 Å². The van der Waals surface area contributed by atoms with Crippen LogP contribution in [0, 0.1) is 5.41 Å². The number of fused-ring (bicyclic) bond motifs is 1. The summed E-state index contributed by atoms with van der Waals surface area (Å²) in [5, 5.41) is 0.538. The first-order valence-corrected chi connectivity index (χ1v) is 11.7. The van der Waals surface area contributed by atoms with Crippen LogP contribution in [0.5, 0.6) is 0 Å². The van der Waals surface area contributed by atoms with E-state index >= 15 is 0 Å². The van der Waals surface area contributed by atoms with Crippen LogP contribution >= 0.6 is 11.8 Å². The molecule has 0 unspecified atom stereocenters. The standard InChI is InChI=1S/C19H27N3O3S2/c1-19(2,3)10-17(23)20-18-22(14-8-6-13(7-9-14)21(4)5)15-11-27(24,25)12-16(15)26-18/h6-9,15-16H,10-12H2,1-5H3/t15-,16-/m1/s1. The van der Waals surface area contributed by atoms with Crippen LogP contribution in [0.1, 0.15) is 27.2 Å². The van der Waals surface area contributed by atoms with Gasteiger partial charge in [-0.05, 0) is 29.7 Å². The van der Waals surface area contributed by atoms with Crippen molar-refractivity contribution in [1.29, 1.82) is 0 Å². The van der Waals surface area contributed by atoms with Gasteiger partial charge >= 0.3 is 0 Å². The second-order valence-electron chi connectivity index (χ2n) is 8.61. The number of sulfone groups is 1. The smallest absolute Gasteiger partial charge is 0.248 e. The molecule has 0 N–H and O–H groups in total. The molecule has 0 aromatic heterocycles. The number of aliphatic imine (C=N–C) groups is 1. The predicted octanol–water partition coefficient (Wildman–Crippen LogP) is 2.79. The molecule has 6 nitrogen and oxygen atoms in total. The van der Waals surface area contributed by atoms with Crippen molar-refractivity contribution in [2.24, 2.45) is 10.4 Å². The van der Waals surface area contributed by atoms with Crippen molar-refractivity contribution in [2.45, 2.75) is 38.5 Å². The highest BCUT2D eigenvalue weighted by atomic mass is 32.2. The summed E-state index contributed by atoms with van der Waals surface area (Å²) in [6.07, 6.45) is 0.359. The number of thioether (sulfide) groups is 1. The number of amides is 1. The van der Waals surface area contributed by atoms with Gasteiger partial charge in [0, 0.05) is 37.1 Å². The quantitative estimate of drug-likeness (QED) is 0.765. The van der Waals surface area contributed by atoms with Gasteiger partial charge in [0.2, 0.25) is 5.91 Å². The SMILES string of the molecule is CN(C)c1ccc(N2C(=NC(=O)CC(C)(C)C)S[C@@H]3CS(=O)(=O)C[C@H]32)cc1. The third-order valence-corrected chi connectivity index (χ3v) is 7.82. The zero-order valence-corrected chi connectivity index (χ0v) is 18.1. The molecule has 0 radical (unpaired) electrons. The van der Waals surface area contributed by atoms with Crippen LogP contribution in [-0.2, 0) is 14.6 Å². The van der Waals surface area contributed by atoms with Crippen molar-refractivity contribution in [3.05, 3.63) is 24.3 Å². The second kappa shape index (κ2) is 7.13. The number of amidine groups is 1. The predicted molar refractivity (Wildman–Crippen MR) is 114 cm³/mol. The number of hydrogen-bond donors (Lipinski definition) is 0. The monoisotopic (exact) mass is 409 g/mol. The highest BCUT2D eigenvalue weighted by Crippen LogP contribution is 2.41. The minimum absolute atomic E-state index is 0.0790. The molecule has 8 heteroatoms. The molecule has 0 saturated carbocycles. The number of anilines is 2. The average molecular weight is 410 g/mol. The third-order valence-electron chi connectivity index (χ3n) is 4.61. The van der Waals surface area contributed by atoms with Crippen LogP contribution in [0.2, 0.25) is 0 Å². The van der Waals surface area contributed by atoms with Gasteiger partial charge in [-0.15, -0.1) is 0 Å². The largest absolute Gasteiger partial charge is 0.378 e. The Balaban J connectivity index is 1.94. The summed E-state index contributed by atoms with van der Waals surface area (Å²) in [6, 6.07) is 7.74. The maximum Gasteiger partial charge on any atom is 0.248 e. The summed E-state index contributed by atoms with van der Waals surface area (Å²) < 4.78 is 24.3. The van der Waals surface area contributed by atoms with Gasteiger partial charge in [0.25, 0.3) is 0 Å². The van der Waals surface area contributed by atoms with E-state index in [9.17, 15) is 13.2 Å². The molecule has 2 heterocycles. The molecule has 1 amide bonds. The number of rotatable bonds is 3. The Morgan fingerprint density at radius 1 is 1.22 bits per heavy atom. The summed E-state index contributed by atoms with van der Waals surface area (Å²) in [6.45, 7) is 6.02. The number of hydrogen-bond acceptors (Lipinski definition) is 5. The molecule has 2 aliphatic heterocycles. The van der Waals surface area contributed by atoms with E-state index < -0.39 is 9.84 Å². The topological polar surface area (TPSA) is 70.0 Å². The lowest BCUT2D eigenvalue weighted by Crippen LogP contribution is -2.37. The van der Waals surface area contributed by atoms with Crippen molar-refractivity contribution in [3.8, 4) is 0 Å². The van der Waals surface area contributed by atoms with E-state index in [1.807, 2.05) is 68.9 Å². The summed E-state index contributed by atoms with van der Waals surface area (Å²) in [5.74, 6) is 0.0796. The molecule has 1 aromatic rings. The maximum absolute atomic E-state index is 12.4. The number of benzene rings is 1. The van der Waals surface area contributed by atoms with Crippen LogP contribution in [0.3, 0.4) is 0 Å². The molecule has 0 spiro atoms. The van der Waals surface area contributed by atoms with Gasteiger partial charge in [-0.2, -0.15) is 4.99 Å². The minimum atomic E-state index is -3.06. The highest BCUT2D eigenvalue weighted by molar-refractivity contribution is 8.16. The van der Waals surface area contributed by atoms with Gasteiger partial charge < -0.3 is 9.80 Å². The number of carbonyl (C=O) groups excluding carboxylic acids is 1. The van der Waals surface area contributed by atoms with Crippen LogP contribution in [0.25, 0.3) is 0 Å². The first-order valence-electron chi connectivity index (χ1n) is 9.00. The van der Waals surface area contributed by atoms with Crippen molar-refractivity contribution >= 4 is 44.0 Å². The fourth-order valence-electron chi connectivity index (χ4n) is 3.38. The van der Waals surface area contributed by atoms with E-state index in [2.05, 4.69) is 4.99 Å². The van der Waals surface area contributed by atoms with E-state index in [0.29, 0.717) is 11.6 Å². The Hall–Kier alpha value is -1.54. The highest BCUT2D eigenvalue weighted by Gasteiger charge is 2.49. The molecule has 0 bridgehead atoms. The Morgan fingerprint density at radius 2 is 1.85 bits per heavy atom. The van der Waals surface area contributed by atoms with E-state index in [4.69, 9.17) is 0 Å². The molecule has 2 fully saturated rings. The van der Waals surface area contributed by atoms with Crippen molar-refractivity contribution in [2.75, 3.05) is 35.4 Å². The second-order valence-corrected chi connectivity index (χ2v) is 12.0. The molecule has 2 atom stereocenters. The zero-order valence-electron chi connectivity index (χ0n) is 16.5. The summed E-state index contributed by atoms with van der Waals surface area (Å²) in [5.41, 5.74) is 1.80. The summed E-state index contributed by atoms with van der Waals surface area (Å²) in [4.78, 5) is 20.7. The van der Waals surface area contributed by atoms with E-state index in [1.165, 1.54) is 11.8 Å². The maximum atomic E-state index is 12.4. The van der Waals surface area contributed by atoms with E-state index in [-0.39, 0.29) is 34.1 Å². The first-order chi connectivity index (χ1) is 12.5. The molecule has 148 valence electrons. The lowest BCUT2D eigenvalue weighted by Gasteiger charge is -2.25. The molecular formula is C19H27N3O3S2. The Labute approximate surface area is 165 Å². The average Bonchev–Trinajstić information content (AvgIpc) is 2.96. The molecular weight excluding hydrogens is 382 g/mol. The number of nitrogens with zero attached hydrogens (tertiary/aromatic N) is 3. The fraction of sp³-hybridized carbons (Fsp3) is 0.579. The number of carbonyl (C=O) groups is 1. The molecule has 27 heavy (non-hydrogen) atoms. The molecule has 0 aliphatic carbocycles. The minimum Gasteiger partial charge on any atom is -0.378 e. The zero-order chi connectivity index (χ0) is 20.0. The van der Waals surface area contributed by atoms with Gasteiger partial charge in [0.1, 0.15) is 0 Å². The molecule has 2 aliphatic rings. The Morgan fingerprint density at radius 3 is 2.41 bits per heavy atom. The van der Waals surface area contributed by atoms with Gasteiger partial charge in [0.15, 0.2) is 15.0 Å². The van der Waals surface area contributed by atoms with Crippen molar-refractivity contribution in [1.82, 2.24) is 0 Å². The van der Waals surface area contributed by atoms with Crippen LogP contribution in [0.15, 0.2) is 29.3 Å². The van der Waals surface area contributed by atoms with Crippen molar-refractivity contribution < 1.29 is 13.2 Å². The molecule has 3 rings (SSSR count). The normalized spacial score (nSPS) is 25.7. The summed E-state index contributed by atoms with van der Waals surface area (Å²) >= 11 is 1.42. The lowest BCUT2D eigenvalue weighted by atomic mass is 9.92. The Kier molecular flexibility index (Phi) is 5.33. The summed E-state index contributed by atoms with van der Waals surface area (Å²) in [7, 11) is 0.882. The Bertz CT molecular complexity index is 855. The van der Waals surface area contributed by atoms with Gasteiger partial charge in [-0.25, -0.2) is 8.42 Å². The van der Waals surface area contributed by atoms with Gasteiger partial charge in [-0.3, -0.25) is 4.79 Å². The third kappa shape index (κ3) is 4.66. The van der Waals surface area contributed by atoms with Crippen LogP contribution in [-0.4, -0.2) is 56.4 Å². The van der Waals surface area contributed by atoms with E-state index in [0.717, 1.165) is 11.4 Å². The fourth-order valence-corrected chi connectivity index (χ4v) is 7.31. The molecule has 2 saturated heterocycles. The lowest BCUT2D eigenvalue weighted by molar-refractivity contribution is -0.119. The first kappa shape index (κ1) is 20.2.